The van der Waals surface area contributed by atoms with E-state index in [9.17, 15) is 4.79 Å². The number of ether oxygens (including phenoxy) is 4. The number of para-hydroxylation sites is 1. The average molecular weight is 617 g/mol. The maximum atomic E-state index is 12.5. The van der Waals surface area contributed by atoms with Crippen LogP contribution in [0.25, 0.3) is 0 Å². The van der Waals surface area contributed by atoms with Crippen molar-refractivity contribution >= 4 is 29.4 Å². The number of amides is 1. The van der Waals surface area contributed by atoms with Crippen LogP contribution in [0.4, 0.5) is 23.5 Å². The van der Waals surface area contributed by atoms with Crippen molar-refractivity contribution in [3.05, 3.63) is 89.5 Å². The predicted octanol–water partition coefficient (Wildman–Crippen LogP) is 3.58. The van der Waals surface area contributed by atoms with E-state index in [1.807, 2.05) is 48.5 Å². The van der Waals surface area contributed by atoms with Gasteiger partial charge in [0.25, 0.3) is 5.91 Å². The number of nitrogens with two attached hydrogens (primary N) is 1. The summed E-state index contributed by atoms with van der Waals surface area (Å²) < 4.78 is 21.7. The number of methoxy groups -OCH3 is 2. The van der Waals surface area contributed by atoms with Crippen molar-refractivity contribution in [1.82, 2.24) is 20.3 Å². The highest BCUT2D eigenvalue weighted by molar-refractivity contribution is 5.94. The highest BCUT2D eigenvalue weighted by Gasteiger charge is 2.12. The van der Waals surface area contributed by atoms with Crippen LogP contribution in [0.3, 0.4) is 0 Å². The molecule has 0 radical (unpaired) electrons. The van der Waals surface area contributed by atoms with Crippen LogP contribution < -0.4 is 36.5 Å². The number of carbonyl (C=O) groups excluding carboxylic acids is 1. The van der Waals surface area contributed by atoms with Gasteiger partial charge in [-0.3, -0.25) is 4.79 Å². The number of aromatic nitrogens is 3. The molecule has 6 N–H and O–H groups in total. The maximum Gasteiger partial charge on any atom is 0.251 e. The van der Waals surface area contributed by atoms with Crippen LogP contribution in [0.5, 0.6) is 11.5 Å². The molecule has 45 heavy (non-hydrogen) atoms. The van der Waals surface area contributed by atoms with E-state index >= 15 is 0 Å². The molecule has 3 aromatic carbocycles. The molecule has 4 aromatic rings. The zero-order valence-corrected chi connectivity index (χ0v) is 25.5. The minimum atomic E-state index is -0.198. The molecule has 1 amide bonds. The zero-order chi connectivity index (χ0) is 31.7. The van der Waals surface area contributed by atoms with E-state index in [4.69, 9.17) is 24.7 Å². The van der Waals surface area contributed by atoms with Gasteiger partial charge in [0.1, 0.15) is 0 Å². The van der Waals surface area contributed by atoms with E-state index < -0.39 is 0 Å². The normalized spacial score (nSPS) is 10.6. The van der Waals surface area contributed by atoms with Gasteiger partial charge in [0.2, 0.25) is 17.8 Å². The van der Waals surface area contributed by atoms with Crippen molar-refractivity contribution in [1.29, 1.82) is 0 Å². The van der Waals surface area contributed by atoms with Crippen molar-refractivity contribution in [2.24, 2.45) is 5.73 Å². The van der Waals surface area contributed by atoms with E-state index in [0.717, 1.165) is 11.1 Å². The fourth-order valence-corrected chi connectivity index (χ4v) is 4.21. The van der Waals surface area contributed by atoms with Crippen molar-refractivity contribution in [3.63, 3.8) is 0 Å². The first-order valence-electron chi connectivity index (χ1n) is 14.6. The molecular formula is C32H40N8O5. The van der Waals surface area contributed by atoms with Crippen LogP contribution in [-0.2, 0) is 22.6 Å². The Bertz CT molecular complexity index is 1470. The van der Waals surface area contributed by atoms with Gasteiger partial charge in [-0.25, -0.2) is 0 Å². The summed E-state index contributed by atoms with van der Waals surface area (Å²) in [7, 11) is 3.20. The molecule has 0 atom stereocenters. The molecule has 0 aliphatic carbocycles. The number of rotatable bonds is 19. The van der Waals surface area contributed by atoms with Crippen molar-refractivity contribution in [2.75, 3.05) is 69.7 Å². The number of nitrogens with one attached hydrogen (secondary N) is 4. The van der Waals surface area contributed by atoms with Gasteiger partial charge in [-0.2, -0.15) is 15.0 Å². The van der Waals surface area contributed by atoms with Crippen LogP contribution >= 0.6 is 0 Å². The first kappa shape index (κ1) is 32.9. The van der Waals surface area contributed by atoms with Gasteiger partial charge in [-0.15, -0.1) is 0 Å². The summed E-state index contributed by atoms with van der Waals surface area (Å²) in [5.41, 5.74) is 8.55. The number of anilines is 4. The lowest BCUT2D eigenvalue weighted by Gasteiger charge is -2.14. The van der Waals surface area contributed by atoms with Crippen LogP contribution in [0.1, 0.15) is 21.5 Å². The second-order valence-electron chi connectivity index (χ2n) is 9.62. The topological polar surface area (TPSA) is 167 Å². The van der Waals surface area contributed by atoms with Gasteiger partial charge >= 0.3 is 0 Å². The smallest absolute Gasteiger partial charge is 0.251 e. The molecule has 0 aliphatic rings. The van der Waals surface area contributed by atoms with Crippen LogP contribution in [0.15, 0.2) is 72.8 Å². The summed E-state index contributed by atoms with van der Waals surface area (Å²) >= 11 is 0. The minimum Gasteiger partial charge on any atom is -0.493 e. The molecule has 0 unspecified atom stereocenters. The molecule has 0 aliphatic heterocycles. The summed E-state index contributed by atoms with van der Waals surface area (Å²) in [5, 5.41) is 12.6. The van der Waals surface area contributed by atoms with Gasteiger partial charge in [-0.05, 0) is 35.9 Å². The number of carbonyl (C=O) groups is 1. The lowest BCUT2D eigenvalue weighted by Crippen LogP contribution is -2.27. The summed E-state index contributed by atoms with van der Waals surface area (Å²) in [6.45, 7) is 3.59. The highest BCUT2D eigenvalue weighted by Crippen LogP contribution is 2.31. The summed E-state index contributed by atoms with van der Waals surface area (Å²) in [6.07, 6.45) is 0. The third kappa shape index (κ3) is 10.6. The number of hydrogen-bond donors (Lipinski definition) is 5. The first-order chi connectivity index (χ1) is 22.1. The zero-order valence-electron chi connectivity index (χ0n) is 25.5. The second kappa shape index (κ2) is 18.0. The Hall–Kier alpha value is -4.98. The monoisotopic (exact) mass is 616 g/mol. The molecule has 1 heterocycles. The summed E-state index contributed by atoms with van der Waals surface area (Å²) in [6, 6.07) is 22.7. The van der Waals surface area contributed by atoms with Crippen LogP contribution in [0, 0.1) is 0 Å². The van der Waals surface area contributed by atoms with E-state index in [2.05, 4.69) is 36.2 Å². The Balaban J connectivity index is 1.40. The fraction of sp³-hybridized carbons (Fsp3) is 0.312. The van der Waals surface area contributed by atoms with E-state index in [0.29, 0.717) is 93.2 Å². The first-order valence-corrected chi connectivity index (χ1v) is 14.6. The van der Waals surface area contributed by atoms with Gasteiger partial charge in [0.05, 0.1) is 40.6 Å². The third-order valence-corrected chi connectivity index (χ3v) is 6.42. The quantitative estimate of drug-likeness (QED) is 0.0974. The molecule has 0 spiro atoms. The Labute approximate surface area is 262 Å². The Morgan fingerprint density at radius 1 is 0.733 bits per heavy atom. The molecular weight excluding hydrogens is 576 g/mol. The van der Waals surface area contributed by atoms with Crippen LogP contribution in [0.2, 0.25) is 0 Å². The van der Waals surface area contributed by atoms with Gasteiger partial charge in [0.15, 0.2) is 11.5 Å². The van der Waals surface area contributed by atoms with Crippen molar-refractivity contribution in [2.45, 2.75) is 13.1 Å². The summed E-state index contributed by atoms with van der Waals surface area (Å²) in [4.78, 5) is 26.3. The molecule has 0 saturated carbocycles. The fourth-order valence-electron chi connectivity index (χ4n) is 4.21. The number of nitrogens with zero attached hydrogens (tertiary/aromatic N) is 3. The molecule has 13 nitrogen and oxygen atoms in total. The van der Waals surface area contributed by atoms with Crippen molar-refractivity contribution in [3.8, 4) is 11.5 Å². The summed E-state index contributed by atoms with van der Waals surface area (Å²) in [5.74, 6) is 2.14. The SMILES string of the molecule is COc1cccc(CNc2nc(NCc3ccccc3)nc(Nc3ccc(C(=O)NCCOCCOCCN)cc3)n2)c1OC. The van der Waals surface area contributed by atoms with E-state index in [1.165, 1.54) is 0 Å². The molecule has 13 heteroatoms. The van der Waals surface area contributed by atoms with Gasteiger partial charge in [0, 0.05) is 43.0 Å². The van der Waals surface area contributed by atoms with Gasteiger partial charge in [-0.1, -0.05) is 42.5 Å². The molecule has 0 saturated heterocycles. The number of benzene rings is 3. The third-order valence-electron chi connectivity index (χ3n) is 6.42. The largest absolute Gasteiger partial charge is 0.493 e. The number of hydrogen-bond acceptors (Lipinski definition) is 12. The molecule has 238 valence electrons. The Morgan fingerprint density at radius 2 is 1.42 bits per heavy atom. The molecule has 1 aromatic heterocycles. The predicted molar refractivity (Wildman–Crippen MR) is 173 cm³/mol. The Kier molecular flexibility index (Phi) is 13.1. The van der Waals surface area contributed by atoms with Crippen molar-refractivity contribution < 1.29 is 23.7 Å². The standard InChI is InChI=1S/C32H40N8O5/c1-42-27-10-6-9-25(28(27)43-2)22-36-31-38-30(35-21-23-7-4-3-5-8-23)39-32(40-31)37-26-13-11-24(12-14-26)29(41)34-16-18-45-20-19-44-17-15-33/h3-14H,15-22,33H2,1-2H3,(H,34,41)(H3,35,36,37,38,39,40). The second-order valence-corrected chi connectivity index (χ2v) is 9.62. The molecule has 0 fully saturated rings. The van der Waals surface area contributed by atoms with E-state index in [1.54, 1.807) is 38.5 Å². The van der Waals surface area contributed by atoms with E-state index in [-0.39, 0.29) is 5.91 Å². The highest BCUT2D eigenvalue weighted by atomic mass is 16.5. The van der Waals surface area contributed by atoms with Crippen LogP contribution in [-0.4, -0.2) is 74.6 Å². The lowest BCUT2D eigenvalue weighted by molar-refractivity contribution is 0.0511. The lowest BCUT2D eigenvalue weighted by atomic mass is 10.2. The minimum absolute atomic E-state index is 0.198. The van der Waals surface area contributed by atoms with Gasteiger partial charge < -0.3 is 45.9 Å². The molecule has 4 rings (SSSR count). The average Bonchev–Trinajstić information content (AvgIpc) is 3.08. The molecule has 0 bridgehead atoms. The maximum absolute atomic E-state index is 12.5. The Morgan fingerprint density at radius 3 is 2.11 bits per heavy atom.